The van der Waals surface area contributed by atoms with Crippen LogP contribution in [0.2, 0.25) is 5.02 Å². The topological polar surface area (TPSA) is 49.4 Å². The van der Waals surface area contributed by atoms with Gasteiger partial charge in [-0.05, 0) is 54.7 Å². The number of hydrogen-bond donors (Lipinski definition) is 1. The van der Waals surface area contributed by atoms with Crippen molar-refractivity contribution in [3.63, 3.8) is 0 Å². The van der Waals surface area contributed by atoms with Crippen molar-refractivity contribution in [2.45, 2.75) is 64.1 Å². The van der Waals surface area contributed by atoms with Crippen molar-refractivity contribution >= 4 is 23.4 Å². The Kier molecular flexibility index (Phi) is 7.86. The van der Waals surface area contributed by atoms with Gasteiger partial charge in [0.25, 0.3) is 0 Å². The number of carbonyl (C=O) groups excluding carboxylic acids is 2. The molecule has 1 atom stereocenters. The summed E-state index contributed by atoms with van der Waals surface area (Å²) in [6.07, 6.45) is 4.85. The Hall–Kier alpha value is -2.40. The first kappa shape index (κ1) is 22.3. The van der Waals surface area contributed by atoms with Gasteiger partial charge in [0.05, 0.1) is 6.42 Å². The molecular formula is C24H28ClFN2O2. The SMILES string of the molecule is CCC(C(=O)NC1CCCC1)N(Cc1ccc(Cl)cc1)C(=O)Cc1ccc(F)cc1. The minimum absolute atomic E-state index is 0.106. The molecule has 160 valence electrons. The van der Waals surface area contributed by atoms with E-state index in [1.54, 1.807) is 29.2 Å². The number of carbonyl (C=O) groups is 2. The van der Waals surface area contributed by atoms with E-state index < -0.39 is 6.04 Å². The van der Waals surface area contributed by atoms with E-state index in [-0.39, 0.29) is 30.1 Å². The summed E-state index contributed by atoms with van der Waals surface area (Å²) in [7, 11) is 0. The molecule has 1 N–H and O–H groups in total. The molecule has 0 saturated heterocycles. The van der Waals surface area contributed by atoms with Crippen molar-refractivity contribution in [1.82, 2.24) is 10.2 Å². The minimum Gasteiger partial charge on any atom is -0.352 e. The molecule has 1 aliphatic carbocycles. The van der Waals surface area contributed by atoms with Crippen LogP contribution in [0.15, 0.2) is 48.5 Å². The Morgan fingerprint density at radius 2 is 1.67 bits per heavy atom. The first-order valence-electron chi connectivity index (χ1n) is 10.5. The van der Waals surface area contributed by atoms with Crippen LogP contribution in [0.1, 0.15) is 50.2 Å². The third kappa shape index (κ3) is 6.05. The molecule has 1 aliphatic rings. The van der Waals surface area contributed by atoms with Gasteiger partial charge in [0.1, 0.15) is 11.9 Å². The number of amides is 2. The summed E-state index contributed by atoms with van der Waals surface area (Å²) >= 11 is 5.99. The molecule has 1 fully saturated rings. The molecular weight excluding hydrogens is 403 g/mol. The quantitative estimate of drug-likeness (QED) is 0.648. The Balaban J connectivity index is 1.80. The maximum Gasteiger partial charge on any atom is 0.243 e. The van der Waals surface area contributed by atoms with Crippen molar-refractivity contribution in [3.8, 4) is 0 Å². The average molecular weight is 431 g/mol. The molecule has 2 aromatic carbocycles. The van der Waals surface area contributed by atoms with Crippen LogP contribution in [0.3, 0.4) is 0 Å². The number of hydrogen-bond acceptors (Lipinski definition) is 2. The van der Waals surface area contributed by atoms with Gasteiger partial charge in [-0.3, -0.25) is 9.59 Å². The number of halogens is 2. The fourth-order valence-corrected chi connectivity index (χ4v) is 4.08. The van der Waals surface area contributed by atoms with Crippen molar-refractivity contribution in [3.05, 3.63) is 70.5 Å². The third-order valence-corrected chi connectivity index (χ3v) is 5.87. The van der Waals surface area contributed by atoms with Crippen molar-refractivity contribution in [2.24, 2.45) is 0 Å². The summed E-state index contributed by atoms with van der Waals surface area (Å²) in [5.74, 6) is -0.609. The molecule has 0 aromatic heterocycles. The second-order valence-electron chi connectivity index (χ2n) is 7.87. The summed E-state index contributed by atoms with van der Waals surface area (Å²) < 4.78 is 13.2. The van der Waals surface area contributed by atoms with E-state index in [2.05, 4.69) is 5.32 Å². The number of nitrogens with one attached hydrogen (secondary N) is 1. The Morgan fingerprint density at radius 3 is 2.27 bits per heavy atom. The van der Waals surface area contributed by atoms with Gasteiger partial charge < -0.3 is 10.2 Å². The van der Waals surface area contributed by atoms with Gasteiger partial charge in [-0.25, -0.2) is 4.39 Å². The predicted molar refractivity (Wildman–Crippen MR) is 117 cm³/mol. The highest BCUT2D eigenvalue weighted by atomic mass is 35.5. The molecule has 3 rings (SSSR count). The predicted octanol–water partition coefficient (Wildman–Crippen LogP) is 4.89. The first-order valence-corrected chi connectivity index (χ1v) is 10.9. The molecule has 0 heterocycles. The number of nitrogens with zero attached hydrogens (tertiary/aromatic N) is 1. The van der Waals surface area contributed by atoms with Crippen molar-refractivity contribution < 1.29 is 14.0 Å². The van der Waals surface area contributed by atoms with E-state index in [4.69, 9.17) is 11.6 Å². The van der Waals surface area contributed by atoms with Gasteiger partial charge in [0.15, 0.2) is 0 Å². The summed E-state index contributed by atoms with van der Waals surface area (Å²) in [6, 6.07) is 12.8. The van der Waals surface area contributed by atoms with Crippen LogP contribution in [0.4, 0.5) is 4.39 Å². The number of rotatable bonds is 8. The lowest BCUT2D eigenvalue weighted by Crippen LogP contribution is -2.51. The zero-order valence-electron chi connectivity index (χ0n) is 17.2. The zero-order valence-corrected chi connectivity index (χ0v) is 18.0. The molecule has 1 saturated carbocycles. The molecule has 0 aliphatic heterocycles. The monoisotopic (exact) mass is 430 g/mol. The fourth-order valence-electron chi connectivity index (χ4n) is 3.95. The molecule has 6 heteroatoms. The van der Waals surface area contributed by atoms with Crippen LogP contribution in [-0.4, -0.2) is 28.8 Å². The highest BCUT2D eigenvalue weighted by Crippen LogP contribution is 2.20. The summed E-state index contributed by atoms with van der Waals surface area (Å²) in [5, 5.41) is 3.75. The second kappa shape index (κ2) is 10.6. The lowest BCUT2D eigenvalue weighted by Gasteiger charge is -2.31. The Morgan fingerprint density at radius 1 is 1.07 bits per heavy atom. The molecule has 0 radical (unpaired) electrons. The summed E-state index contributed by atoms with van der Waals surface area (Å²) in [6.45, 7) is 2.23. The van der Waals surface area contributed by atoms with Crippen LogP contribution >= 0.6 is 11.6 Å². The summed E-state index contributed by atoms with van der Waals surface area (Å²) in [5.41, 5.74) is 1.62. The smallest absolute Gasteiger partial charge is 0.243 e. The second-order valence-corrected chi connectivity index (χ2v) is 8.30. The highest BCUT2D eigenvalue weighted by Gasteiger charge is 2.30. The van der Waals surface area contributed by atoms with Crippen LogP contribution in [-0.2, 0) is 22.6 Å². The van der Waals surface area contributed by atoms with Crippen LogP contribution in [0, 0.1) is 5.82 Å². The summed E-state index contributed by atoms with van der Waals surface area (Å²) in [4.78, 5) is 27.9. The highest BCUT2D eigenvalue weighted by molar-refractivity contribution is 6.30. The average Bonchev–Trinajstić information content (AvgIpc) is 3.24. The molecule has 0 spiro atoms. The van der Waals surface area contributed by atoms with E-state index in [1.807, 2.05) is 19.1 Å². The lowest BCUT2D eigenvalue weighted by atomic mass is 10.1. The zero-order chi connectivity index (χ0) is 21.5. The van der Waals surface area contributed by atoms with Gasteiger partial charge in [-0.2, -0.15) is 0 Å². The Bertz CT molecular complexity index is 849. The maximum atomic E-state index is 13.2. The molecule has 30 heavy (non-hydrogen) atoms. The number of benzene rings is 2. The molecule has 2 aromatic rings. The maximum absolute atomic E-state index is 13.2. The van der Waals surface area contributed by atoms with E-state index in [0.717, 1.165) is 31.2 Å². The van der Waals surface area contributed by atoms with E-state index in [9.17, 15) is 14.0 Å². The van der Waals surface area contributed by atoms with Gasteiger partial charge in [-0.1, -0.05) is 55.6 Å². The molecule has 0 bridgehead atoms. The third-order valence-electron chi connectivity index (χ3n) is 5.62. The van der Waals surface area contributed by atoms with Gasteiger partial charge in [0, 0.05) is 17.6 Å². The van der Waals surface area contributed by atoms with E-state index >= 15 is 0 Å². The van der Waals surface area contributed by atoms with Gasteiger partial charge in [-0.15, -0.1) is 0 Å². The standard InChI is InChI=1S/C24H28ClFN2O2/c1-2-22(24(30)27-21-5-3-4-6-21)28(16-18-7-11-19(25)12-8-18)23(29)15-17-9-13-20(26)14-10-17/h7-14,21-22H,2-6,15-16H2,1H3,(H,27,30). The van der Waals surface area contributed by atoms with Crippen LogP contribution in [0.5, 0.6) is 0 Å². The fraction of sp³-hybridized carbons (Fsp3) is 0.417. The van der Waals surface area contributed by atoms with Crippen LogP contribution < -0.4 is 5.32 Å². The molecule has 4 nitrogen and oxygen atoms in total. The van der Waals surface area contributed by atoms with Gasteiger partial charge >= 0.3 is 0 Å². The van der Waals surface area contributed by atoms with E-state index in [1.165, 1.54) is 12.1 Å². The van der Waals surface area contributed by atoms with Gasteiger partial charge in [0.2, 0.25) is 11.8 Å². The minimum atomic E-state index is -0.561. The van der Waals surface area contributed by atoms with E-state index in [0.29, 0.717) is 23.6 Å². The molecule has 2 amide bonds. The normalized spacial score (nSPS) is 15.0. The lowest BCUT2D eigenvalue weighted by molar-refractivity contribution is -0.141. The van der Waals surface area contributed by atoms with Crippen molar-refractivity contribution in [1.29, 1.82) is 0 Å². The molecule has 1 unspecified atom stereocenters. The Labute approximate surface area is 182 Å². The van der Waals surface area contributed by atoms with Crippen molar-refractivity contribution in [2.75, 3.05) is 0 Å². The van der Waals surface area contributed by atoms with Crippen LogP contribution in [0.25, 0.3) is 0 Å². The first-order chi connectivity index (χ1) is 14.5. The largest absolute Gasteiger partial charge is 0.352 e.